The number of carbonyl (C=O) groups is 1. The molecule has 1 aliphatic heterocycles. The Morgan fingerprint density at radius 3 is 2.27 bits per heavy atom. The number of amides is 1. The third kappa shape index (κ3) is 3.33. The number of aromatic nitrogens is 1. The van der Waals surface area contributed by atoms with E-state index in [9.17, 15) is 4.79 Å². The predicted octanol–water partition coefficient (Wildman–Crippen LogP) is 5.00. The average Bonchev–Trinajstić information content (AvgIpc) is 3.26. The van der Waals surface area contributed by atoms with Gasteiger partial charge in [0.05, 0.1) is 5.69 Å². The van der Waals surface area contributed by atoms with E-state index in [1.54, 1.807) is 0 Å². The van der Waals surface area contributed by atoms with Gasteiger partial charge in [0.15, 0.2) is 0 Å². The molecule has 5 rings (SSSR count). The number of benzene rings is 3. The standard InChI is InChI=1S/C25H19N3OS/c29-24-22(26-25(30)28(24)20-11-5-2-6-12-20)15-19-17-27(16-18-9-3-1-4-10-18)23-14-8-7-13-21(19)23/h1-14,17H,15-16H2. The lowest BCUT2D eigenvalue weighted by molar-refractivity contribution is -0.111. The van der Waals surface area contributed by atoms with Crippen LogP contribution in [0.1, 0.15) is 11.1 Å². The van der Waals surface area contributed by atoms with E-state index in [-0.39, 0.29) is 5.91 Å². The van der Waals surface area contributed by atoms with E-state index in [1.165, 1.54) is 10.5 Å². The van der Waals surface area contributed by atoms with E-state index in [0.29, 0.717) is 17.2 Å². The van der Waals surface area contributed by atoms with Gasteiger partial charge in [-0.3, -0.25) is 9.69 Å². The Kier molecular flexibility index (Phi) is 4.73. The van der Waals surface area contributed by atoms with Crippen molar-refractivity contribution in [2.75, 3.05) is 4.90 Å². The average molecular weight is 410 g/mol. The highest BCUT2D eigenvalue weighted by molar-refractivity contribution is 7.80. The fourth-order valence-corrected chi connectivity index (χ4v) is 4.20. The SMILES string of the molecule is O=C1C(Cc2cn(Cc3ccccc3)c3ccccc23)=NC(=S)N1c1ccccc1. The van der Waals surface area contributed by atoms with Gasteiger partial charge in [-0.15, -0.1) is 0 Å². The smallest absolute Gasteiger partial charge is 0.279 e. The minimum absolute atomic E-state index is 0.147. The van der Waals surface area contributed by atoms with Crippen LogP contribution in [0, 0.1) is 0 Å². The molecule has 4 nitrogen and oxygen atoms in total. The molecule has 146 valence electrons. The Morgan fingerprint density at radius 2 is 1.50 bits per heavy atom. The van der Waals surface area contributed by atoms with Crippen LogP contribution in [-0.2, 0) is 17.8 Å². The van der Waals surface area contributed by atoms with Crippen LogP contribution in [0.5, 0.6) is 0 Å². The molecule has 1 aromatic heterocycles. The van der Waals surface area contributed by atoms with Crippen LogP contribution in [0.25, 0.3) is 10.9 Å². The normalized spacial score (nSPS) is 13.9. The lowest BCUT2D eigenvalue weighted by Crippen LogP contribution is -2.33. The predicted molar refractivity (Wildman–Crippen MR) is 125 cm³/mol. The molecule has 4 aromatic rings. The lowest BCUT2D eigenvalue weighted by atomic mass is 10.1. The zero-order chi connectivity index (χ0) is 20.5. The van der Waals surface area contributed by atoms with Crippen molar-refractivity contribution >= 4 is 45.5 Å². The monoisotopic (exact) mass is 409 g/mol. The summed E-state index contributed by atoms with van der Waals surface area (Å²) in [4.78, 5) is 19.0. The van der Waals surface area contributed by atoms with Gasteiger partial charge in [0.2, 0.25) is 5.11 Å². The molecule has 0 saturated carbocycles. The fraction of sp³-hybridized carbons (Fsp3) is 0.0800. The van der Waals surface area contributed by atoms with Crippen molar-refractivity contribution < 1.29 is 4.79 Å². The molecule has 5 heteroatoms. The van der Waals surface area contributed by atoms with Gasteiger partial charge in [-0.25, -0.2) is 4.99 Å². The Morgan fingerprint density at radius 1 is 0.833 bits per heavy atom. The van der Waals surface area contributed by atoms with Gasteiger partial charge in [-0.2, -0.15) is 0 Å². The van der Waals surface area contributed by atoms with Gasteiger partial charge in [-0.1, -0.05) is 66.7 Å². The van der Waals surface area contributed by atoms with E-state index in [0.717, 1.165) is 28.7 Å². The fourth-order valence-electron chi connectivity index (χ4n) is 3.90. The second-order valence-electron chi connectivity index (χ2n) is 7.28. The molecule has 0 saturated heterocycles. The Labute approximate surface area is 180 Å². The first-order chi connectivity index (χ1) is 14.7. The number of carbonyl (C=O) groups excluding carboxylic acids is 1. The van der Waals surface area contributed by atoms with Gasteiger partial charge in [0.1, 0.15) is 5.71 Å². The summed E-state index contributed by atoms with van der Waals surface area (Å²) < 4.78 is 2.23. The summed E-state index contributed by atoms with van der Waals surface area (Å²) in [6.07, 6.45) is 2.58. The van der Waals surface area contributed by atoms with Crippen LogP contribution in [0.2, 0.25) is 0 Å². The van der Waals surface area contributed by atoms with Crippen molar-refractivity contribution in [3.8, 4) is 0 Å². The molecule has 0 bridgehead atoms. The third-order valence-electron chi connectivity index (χ3n) is 5.31. The van der Waals surface area contributed by atoms with Crippen LogP contribution in [0.15, 0.2) is 96.1 Å². The summed E-state index contributed by atoms with van der Waals surface area (Å²) in [5, 5.41) is 1.43. The van der Waals surface area contributed by atoms with Crippen molar-refractivity contribution in [1.29, 1.82) is 0 Å². The molecular formula is C25H19N3OS. The topological polar surface area (TPSA) is 37.6 Å². The second kappa shape index (κ2) is 7.69. The molecule has 1 amide bonds. The highest BCUT2D eigenvalue weighted by Crippen LogP contribution is 2.26. The highest BCUT2D eigenvalue weighted by Gasteiger charge is 2.32. The summed E-state index contributed by atoms with van der Waals surface area (Å²) in [6, 6.07) is 28.1. The minimum Gasteiger partial charge on any atom is -0.343 e. The number of hydrogen-bond donors (Lipinski definition) is 0. The number of fused-ring (bicyclic) bond motifs is 1. The summed E-state index contributed by atoms with van der Waals surface area (Å²) >= 11 is 5.39. The second-order valence-corrected chi connectivity index (χ2v) is 7.64. The molecular weight excluding hydrogens is 390 g/mol. The molecule has 0 spiro atoms. The van der Waals surface area contributed by atoms with Crippen LogP contribution in [0.4, 0.5) is 5.69 Å². The maximum absolute atomic E-state index is 13.1. The Hall–Kier alpha value is -3.57. The van der Waals surface area contributed by atoms with Crippen LogP contribution < -0.4 is 4.90 Å². The Bertz CT molecular complexity index is 1280. The molecule has 0 fully saturated rings. The van der Waals surface area contributed by atoms with E-state index in [2.05, 4.69) is 40.0 Å². The van der Waals surface area contributed by atoms with Crippen molar-refractivity contribution in [2.45, 2.75) is 13.0 Å². The maximum Gasteiger partial charge on any atom is 0.279 e. The third-order valence-corrected chi connectivity index (χ3v) is 5.58. The molecule has 1 aliphatic rings. The number of thiocarbonyl (C=S) groups is 1. The van der Waals surface area contributed by atoms with E-state index < -0.39 is 0 Å². The zero-order valence-electron chi connectivity index (χ0n) is 16.2. The van der Waals surface area contributed by atoms with Gasteiger partial charge < -0.3 is 4.57 Å². The zero-order valence-corrected chi connectivity index (χ0v) is 17.0. The summed E-state index contributed by atoms with van der Waals surface area (Å²) in [6.45, 7) is 0.774. The lowest BCUT2D eigenvalue weighted by Gasteiger charge is -2.14. The van der Waals surface area contributed by atoms with Crippen molar-refractivity contribution in [1.82, 2.24) is 4.57 Å². The molecule has 3 aromatic carbocycles. The number of nitrogens with zero attached hydrogens (tertiary/aromatic N) is 3. The first-order valence-electron chi connectivity index (χ1n) is 9.82. The van der Waals surface area contributed by atoms with Crippen LogP contribution >= 0.6 is 12.2 Å². The molecule has 2 heterocycles. The summed E-state index contributed by atoms with van der Waals surface area (Å²) in [5.74, 6) is -0.147. The molecule has 30 heavy (non-hydrogen) atoms. The summed E-state index contributed by atoms with van der Waals surface area (Å²) in [5.41, 5.74) is 4.68. The first-order valence-corrected chi connectivity index (χ1v) is 10.2. The number of rotatable bonds is 5. The first kappa shape index (κ1) is 18.5. The van der Waals surface area contributed by atoms with Gasteiger partial charge in [-0.05, 0) is 41.5 Å². The van der Waals surface area contributed by atoms with Gasteiger partial charge in [0.25, 0.3) is 5.91 Å². The molecule has 0 radical (unpaired) electrons. The Balaban J connectivity index is 1.47. The number of hydrogen-bond acceptors (Lipinski definition) is 2. The number of para-hydroxylation sites is 2. The van der Waals surface area contributed by atoms with Crippen molar-refractivity contribution in [2.24, 2.45) is 4.99 Å². The van der Waals surface area contributed by atoms with E-state index in [4.69, 9.17) is 12.2 Å². The van der Waals surface area contributed by atoms with Crippen molar-refractivity contribution in [3.63, 3.8) is 0 Å². The maximum atomic E-state index is 13.1. The number of anilines is 1. The molecule has 0 aliphatic carbocycles. The molecule has 0 N–H and O–H groups in total. The quantitative estimate of drug-likeness (QED) is 0.435. The highest BCUT2D eigenvalue weighted by atomic mass is 32.1. The van der Waals surface area contributed by atoms with E-state index >= 15 is 0 Å². The minimum atomic E-state index is -0.147. The molecule has 0 atom stereocenters. The van der Waals surface area contributed by atoms with Crippen molar-refractivity contribution in [3.05, 3.63) is 102 Å². The summed E-state index contributed by atoms with van der Waals surface area (Å²) in [7, 11) is 0. The van der Waals surface area contributed by atoms with Crippen LogP contribution in [0.3, 0.4) is 0 Å². The molecule has 0 unspecified atom stereocenters. The van der Waals surface area contributed by atoms with Crippen LogP contribution in [-0.4, -0.2) is 21.3 Å². The van der Waals surface area contributed by atoms with E-state index in [1.807, 2.05) is 60.7 Å². The van der Waals surface area contributed by atoms with Gasteiger partial charge in [0, 0.05) is 30.1 Å². The van der Waals surface area contributed by atoms with Gasteiger partial charge >= 0.3 is 0 Å². The number of aliphatic imine (C=N–C) groups is 1. The largest absolute Gasteiger partial charge is 0.343 e.